The molecule has 1 aromatic rings. The predicted molar refractivity (Wildman–Crippen MR) is 58.3 cm³/mol. The highest BCUT2D eigenvalue weighted by molar-refractivity contribution is 5.85. The van der Waals surface area contributed by atoms with Gasteiger partial charge in [-0.15, -0.1) is 0 Å². The van der Waals surface area contributed by atoms with Gasteiger partial charge < -0.3 is 0 Å². The van der Waals surface area contributed by atoms with Crippen LogP contribution in [0.4, 0.5) is 5.69 Å². The second-order valence-electron chi connectivity index (χ2n) is 3.74. The third kappa shape index (κ3) is 1.95. The Bertz CT molecular complexity index is 437. The molecule has 1 atom stereocenters. The van der Waals surface area contributed by atoms with Gasteiger partial charge in [-0.25, -0.2) is 0 Å². The molecule has 0 saturated heterocycles. The highest BCUT2D eigenvalue weighted by Crippen LogP contribution is 2.30. The fraction of sp³-hybridized carbons (Fsp3) is 0.600. The second-order valence-corrected chi connectivity index (χ2v) is 3.74. The van der Waals surface area contributed by atoms with Crippen molar-refractivity contribution in [1.29, 1.82) is 0 Å². The first kappa shape index (κ1) is 12.4. The molecule has 88 valence electrons. The number of hydrogen-bond donors (Lipinski definition) is 0. The van der Waals surface area contributed by atoms with Crippen LogP contribution in [0.2, 0.25) is 0 Å². The molecule has 0 saturated carbocycles. The summed E-state index contributed by atoms with van der Waals surface area (Å²) in [6, 6.07) is 0. The molecular formula is C10H15N3O3. The Labute approximate surface area is 93.4 Å². The summed E-state index contributed by atoms with van der Waals surface area (Å²) in [4.78, 5) is 22.0. The van der Waals surface area contributed by atoms with E-state index in [2.05, 4.69) is 5.10 Å². The molecule has 1 rings (SSSR count). The van der Waals surface area contributed by atoms with Gasteiger partial charge in [0.2, 0.25) is 0 Å². The van der Waals surface area contributed by atoms with Crippen LogP contribution in [0.15, 0.2) is 0 Å². The zero-order chi connectivity index (χ0) is 12.5. The van der Waals surface area contributed by atoms with Crippen molar-refractivity contribution < 1.29 is 9.72 Å². The van der Waals surface area contributed by atoms with Crippen molar-refractivity contribution >= 4 is 11.5 Å². The first-order valence-corrected chi connectivity index (χ1v) is 5.10. The molecule has 1 unspecified atom stereocenters. The number of aromatic nitrogens is 2. The molecule has 0 N–H and O–H groups in total. The monoisotopic (exact) mass is 225 g/mol. The molecule has 1 heterocycles. The average Bonchev–Trinajstić information content (AvgIpc) is 2.51. The zero-order valence-corrected chi connectivity index (χ0v) is 9.85. The minimum Gasteiger partial charge on any atom is -0.299 e. The van der Waals surface area contributed by atoms with Gasteiger partial charge in [0.1, 0.15) is 17.2 Å². The van der Waals surface area contributed by atoms with Crippen LogP contribution in [0.1, 0.15) is 37.6 Å². The fourth-order valence-electron chi connectivity index (χ4n) is 1.83. The van der Waals surface area contributed by atoms with Gasteiger partial charge in [0.15, 0.2) is 0 Å². The number of carbonyl (C=O) groups is 1. The summed E-state index contributed by atoms with van der Waals surface area (Å²) in [5, 5.41) is 14.9. The Hall–Kier alpha value is -1.72. The van der Waals surface area contributed by atoms with Crippen LogP contribution < -0.4 is 0 Å². The normalized spacial score (nSPS) is 12.5. The van der Waals surface area contributed by atoms with Crippen molar-refractivity contribution in [1.82, 2.24) is 9.78 Å². The van der Waals surface area contributed by atoms with Crippen molar-refractivity contribution in [3.63, 3.8) is 0 Å². The molecule has 1 aromatic heterocycles. The standard InChI is InChI=1S/C10H15N3O3/c1-5-8(14)6(2)9-10(13(15)16)7(3)11-12(9)4/h6H,5H2,1-4H3. The van der Waals surface area contributed by atoms with Crippen LogP contribution in [0.3, 0.4) is 0 Å². The number of nitrogens with zero attached hydrogens (tertiary/aromatic N) is 3. The van der Waals surface area contributed by atoms with Crippen LogP contribution >= 0.6 is 0 Å². The van der Waals surface area contributed by atoms with E-state index in [-0.39, 0.29) is 11.5 Å². The average molecular weight is 225 g/mol. The molecule has 0 bridgehead atoms. The van der Waals surface area contributed by atoms with E-state index >= 15 is 0 Å². The van der Waals surface area contributed by atoms with Crippen molar-refractivity contribution in [2.45, 2.75) is 33.1 Å². The molecule has 0 aliphatic heterocycles. The molecule has 0 fully saturated rings. The SMILES string of the molecule is CCC(=O)C(C)c1c([N+](=O)[O-])c(C)nn1C. The summed E-state index contributed by atoms with van der Waals surface area (Å²) in [6.07, 6.45) is 0.364. The lowest BCUT2D eigenvalue weighted by molar-refractivity contribution is -0.386. The topological polar surface area (TPSA) is 78.0 Å². The summed E-state index contributed by atoms with van der Waals surface area (Å²) in [5.41, 5.74) is 0.685. The zero-order valence-electron chi connectivity index (χ0n) is 9.85. The number of Topliss-reactive ketones (excluding diaryl/α,β-unsaturated/α-hetero) is 1. The van der Waals surface area contributed by atoms with Gasteiger partial charge in [0, 0.05) is 13.5 Å². The minimum absolute atomic E-state index is 0.0221. The van der Waals surface area contributed by atoms with Crippen molar-refractivity contribution in [2.75, 3.05) is 0 Å². The molecule has 0 spiro atoms. The van der Waals surface area contributed by atoms with Crippen LogP contribution in [-0.4, -0.2) is 20.5 Å². The number of aryl methyl sites for hydroxylation is 2. The van der Waals surface area contributed by atoms with E-state index < -0.39 is 10.8 Å². The van der Waals surface area contributed by atoms with Crippen LogP contribution in [-0.2, 0) is 11.8 Å². The largest absolute Gasteiger partial charge is 0.313 e. The van der Waals surface area contributed by atoms with E-state index in [0.717, 1.165) is 0 Å². The van der Waals surface area contributed by atoms with Gasteiger partial charge in [0.25, 0.3) is 0 Å². The van der Waals surface area contributed by atoms with Crippen LogP contribution in [0.25, 0.3) is 0 Å². The maximum atomic E-state index is 11.6. The highest BCUT2D eigenvalue weighted by Gasteiger charge is 2.30. The lowest BCUT2D eigenvalue weighted by Crippen LogP contribution is -2.13. The van der Waals surface area contributed by atoms with E-state index in [1.807, 2.05) is 0 Å². The van der Waals surface area contributed by atoms with Crippen molar-refractivity contribution in [3.8, 4) is 0 Å². The highest BCUT2D eigenvalue weighted by atomic mass is 16.6. The molecule has 6 heteroatoms. The van der Waals surface area contributed by atoms with Gasteiger partial charge in [-0.05, 0) is 13.8 Å². The Morgan fingerprint density at radius 1 is 1.62 bits per heavy atom. The molecule has 0 aliphatic carbocycles. The number of rotatable bonds is 4. The smallest absolute Gasteiger partial charge is 0.299 e. The van der Waals surface area contributed by atoms with E-state index in [0.29, 0.717) is 17.8 Å². The molecule has 6 nitrogen and oxygen atoms in total. The maximum absolute atomic E-state index is 11.6. The molecule has 0 radical (unpaired) electrons. The van der Waals surface area contributed by atoms with E-state index in [9.17, 15) is 14.9 Å². The molecule has 0 aliphatic rings. The van der Waals surface area contributed by atoms with Gasteiger partial charge in [0.05, 0.1) is 10.8 Å². The molecular weight excluding hydrogens is 210 g/mol. The van der Waals surface area contributed by atoms with Crippen LogP contribution in [0, 0.1) is 17.0 Å². The third-order valence-electron chi connectivity index (χ3n) is 2.66. The maximum Gasteiger partial charge on any atom is 0.313 e. The Morgan fingerprint density at radius 3 is 2.62 bits per heavy atom. The Kier molecular flexibility index (Phi) is 3.41. The lowest BCUT2D eigenvalue weighted by atomic mass is 9.99. The fourth-order valence-corrected chi connectivity index (χ4v) is 1.83. The molecule has 0 aromatic carbocycles. The molecule has 16 heavy (non-hydrogen) atoms. The summed E-state index contributed by atoms with van der Waals surface area (Å²) in [5.74, 6) is -0.511. The summed E-state index contributed by atoms with van der Waals surface area (Å²) in [7, 11) is 1.62. The lowest BCUT2D eigenvalue weighted by Gasteiger charge is -2.08. The van der Waals surface area contributed by atoms with Crippen LogP contribution in [0.5, 0.6) is 0 Å². The van der Waals surface area contributed by atoms with Gasteiger partial charge in [-0.3, -0.25) is 19.6 Å². The third-order valence-corrected chi connectivity index (χ3v) is 2.66. The number of hydrogen-bond acceptors (Lipinski definition) is 4. The first-order valence-electron chi connectivity index (χ1n) is 5.10. The van der Waals surface area contributed by atoms with E-state index in [4.69, 9.17) is 0 Å². The quantitative estimate of drug-likeness (QED) is 0.577. The van der Waals surface area contributed by atoms with Gasteiger partial charge in [-0.1, -0.05) is 6.92 Å². The number of nitro groups is 1. The summed E-state index contributed by atoms with van der Waals surface area (Å²) < 4.78 is 1.42. The summed E-state index contributed by atoms with van der Waals surface area (Å²) >= 11 is 0. The summed E-state index contributed by atoms with van der Waals surface area (Å²) in [6.45, 7) is 4.99. The first-order chi connectivity index (χ1) is 7.40. The second kappa shape index (κ2) is 4.42. The predicted octanol–water partition coefficient (Wildman–Crippen LogP) is 1.72. The van der Waals surface area contributed by atoms with E-state index in [1.165, 1.54) is 4.68 Å². The number of carbonyl (C=O) groups excluding carboxylic acids is 1. The van der Waals surface area contributed by atoms with Gasteiger partial charge >= 0.3 is 5.69 Å². The van der Waals surface area contributed by atoms with E-state index in [1.54, 1.807) is 27.8 Å². The number of ketones is 1. The Balaban J connectivity index is 3.32. The van der Waals surface area contributed by atoms with Gasteiger partial charge in [-0.2, -0.15) is 5.10 Å². The van der Waals surface area contributed by atoms with Crippen molar-refractivity contribution in [3.05, 3.63) is 21.5 Å². The Morgan fingerprint density at radius 2 is 2.19 bits per heavy atom. The van der Waals surface area contributed by atoms with Crippen molar-refractivity contribution in [2.24, 2.45) is 7.05 Å². The molecule has 0 amide bonds. The minimum atomic E-state index is -0.489.